The van der Waals surface area contributed by atoms with Gasteiger partial charge in [-0.05, 0) is 19.3 Å². The summed E-state index contributed by atoms with van der Waals surface area (Å²) >= 11 is 0. The Morgan fingerprint density at radius 2 is 2.07 bits per heavy atom. The van der Waals surface area contributed by atoms with Gasteiger partial charge in [-0.1, -0.05) is 18.1 Å². The van der Waals surface area contributed by atoms with Gasteiger partial charge in [0, 0.05) is 0 Å². The third kappa shape index (κ3) is 8.20. The van der Waals surface area contributed by atoms with E-state index in [-0.39, 0.29) is 0 Å². The summed E-state index contributed by atoms with van der Waals surface area (Å²) in [4.78, 5) is 0. The molecule has 3 nitrogen and oxygen atoms in total. The lowest BCUT2D eigenvalue weighted by Crippen LogP contribution is -2.05. The maximum absolute atomic E-state index is 11.2. The summed E-state index contributed by atoms with van der Waals surface area (Å²) in [5, 5.41) is 0. The van der Waals surface area contributed by atoms with Crippen molar-refractivity contribution in [2.45, 2.75) is 25.4 Å². The van der Waals surface area contributed by atoms with E-state index < -0.39 is 14.4 Å². The van der Waals surface area contributed by atoms with Crippen molar-refractivity contribution in [2.24, 2.45) is 0 Å². The average molecular weight is 228 g/mol. The zero-order valence-electron chi connectivity index (χ0n) is 8.78. The molecule has 0 fully saturated rings. The van der Waals surface area contributed by atoms with Gasteiger partial charge < -0.3 is 4.52 Å². The molecule has 0 saturated carbocycles. The van der Waals surface area contributed by atoms with Crippen LogP contribution in [0, 0.1) is 12.3 Å². The SMILES string of the molecule is C#CC(CCC=C)O[PH](=O)OCCC=C. The molecule has 2 atom stereocenters. The quantitative estimate of drug-likeness (QED) is 0.263. The summed E-state index contributed by atoms with van der Waals surface area (Å²) in [6.45, 7) is 7.44. The molecule has 0 radical (unpaired) electrons. The first-order valence-electron chi connectivity index (χ1n) is 4.76. The Hall–Kier alpha value is -0.810. The summed E-state index contributed by atoms with van der Waals surface area (Å²) in [6, 6.07) is 0. The minimum absolute atomic E-state index is 0.347. The number of terminal acetylenes is 1. The Labute approximate surface area is 92.1 Å². The van der Waals surface area contributed by atoms with E-state index in [9.17, 15) is 4.57 Å². The van der Waals surface area contributed by atoms with Crippen LogP contribution in [0.15, 0.2) is 25.3 Å². The monoisotopic (exact) mass is 228 g/mol. The normalized spacial score (nSPS) is 13.8. The van der Waals surface area contributed by atoms with Gasteiger partial charge in [0.15, 0.2) is 0 Å². The lowest BCUT2D eigenvalue weighted by molar-refractivity contribution is 0.194. The second kappa shape index (κ2) is 9.73. The van der Waals surface area contributed by atoms with Crippen LogP contribution in [-0.4, -0.2) is 12.7 Å². The lowest BCUT2D eigenvalue weighted by Gasteiger charge is -2.10. The van der Waals surface area contributed by atoms with Crippen molar-refractivity contribution in [2.75, 3.05) is 6.61 Å². The zero-order chi connectivity index (χ0) is 11.5. The van der Waals surface area contributed by atoms with Crippen LogP contribution in [0.4, 0.5) is 0 Å². The van der Waals surface area contributed by atoms with Gasteiger partial charge in [0.1, 0.15) is 6.10 Å². The second-order valence-corrected chi connectivity index (χ2v) is 3.84. The van der Waals surface area contributed by atoms with E-state index in [0.717, 1.165) is 6.42 Å². The fraction of sp³-hybridized carbons (Fsp3) is 0.455. The molecule has 0 heterocycles. The summed E-state index contributed by atoms with van der Waals surface area (Å²) in [7, 11) is -2.48. The van der Waals surface area contributed by atoms with Gasteiger partial charge in [-0.15, -0.1) is 19.6 Å². The first kappa shape index (κ1) is 14.2. The standard InChI is InChI=1S/C11H17O3P/c1-4-7-9-11(6-3)14-15(12)13-10-8-5-2/h3-5,11,15H,1-2,7-10H2. The van der Waals surface area contributed by atoms with Crippen molar-refractivity contribution in [3.8, 4) is 12.3 Å². The molecular weight excluding hydrogens is 211 g/mol. The molecule has 15 heavy (non-hydrogen) atoms. The van der Waals surface area contributed by atoms with Crippen molar-refractivity contribution < 1.29 is 13.6 Å². The van der Waals surface area contributed by atoms with Gasteiger partial charge in [0.2, 0.25) is 0 Å². The summed E-state index contributed by atoms with van der Waals surface area (Å²) < 4.78 is 21.2. The molecule has 0 aromatic rings. The Morgan fingerprint density at radius 1 is 1.40 bits per heavy atom. The van der Waals surface area contributed by atoms with E-state index in [2.05, 4.69) is 19.1 Å². The van der Waals surface area contributed by atoms with Crippen LogP contribution in [0.5, 0.6) is 0 Å². The highest BCUT2D eigenvalue weighted by molar-refractivity contribution is 7.33. The van der Waals surface area contributed by atoms with Crippen molar-refractivity contribution in [1.82, 2.24) is 0 Å². The molecule has 0 amide bonds. The Kier molecular flexibility index (Phi) is 9.21. The lowest BCUT2D eigenvalue weighted by atomic mass is 10.2. The molecule has 0 aromatic carbocycles. The molecule has 0 aromatic heterocycles. The molecule has 0 bridgehead atoms. The summed E-state index contributed by atoms with van der Waals surface area (Å²) in [6.07, 6.45) is 10.2. The molecule has 0 saturated heterocycles. The fourth-order valence-electron chi connectivity index (χ4n) is 0.821. The van der Waals surface area contributed by atoms with Crippen molar-refractivity contribution >= 4 is 8.25 Å². The molecule has 4 heteroatoms. The molecule has 2 unspecified atom stereocenters. The van der Waals surface area contributed by atoms with Crippen LogP contribution in [-0.2, 0) is 13.6 Å². The zero-order valence-corrected chi connectivity index (χ0v) is 9.78. The maximum atomic E-state index is 11.2. The molecule has 0 rings (SSSR count). The summed E-state index contributed by atoms with van der Waals surface area (Å²) in [5.74, 6) is 2.41. The largest absolute Gasteiger partial charge is 0.320 e. The van der Waals surface area contributed by atoms with E-state index >= 15 is 0 Å². The Morgan fingerprint density at radius 3 is 2.60 bits per heavy atom. The highest BCUT2D eigenvalue weighted by Gasteiger charge is 2.08. The van der Waals surface area contributed by atoms with Crippen LogP contribution in [0.3, 0.4) is 0 Å². The van der Waals surface area contributed by atoms with Crippen LogP contribution in [0.1, 0.15) is 19.3 Å². The highest BCUT2D eigenvalue weighted by atomic mass is 31.1. The Balaban J connectivity index is 3.75. The van der Waals surface area contributed by atoms with Crippen LogP contribution >= 0.6 is 8.25 Å². The molecule has 0 N–H and O–H groups in total. The Bertz CT molecular complexity index is 255. The van der Waals surface area contributed by atoms with Gasteiger partial charge in [0.05, 0.1) is 6.61 Å². The average Bonchev–Trinajstić information content (AvgIpc) is 2.24. The van der Waals surface area contributed by atoms with Crippen molar-refractivity contribution in [1.29, 1.82) is 0 Å². The van der Waals surface area contributed by atoms with E-state index in [1.807, 2.05) is 0 Å². The van der Waals surface area contributed by atoms with Gasteiger partial charge in [0.25, 0.3) is 0 Å². The molecule has 0 aliphatic carbocycles. The predicted molar refractivity (Wildman–Crippen MR) is 62.9 cm³/mol. The third-order valence-corrected chi connectivity index (χ3v) is 2.52. The second-order valence-electron chi connectivity index (χ2n) is 2.81. The molecule has 0 spiro atoms. The van der Waals surface area contributed by atoms with E-state index in [1.54, 1.807) is 12.2 Å². The summed E-state index contributed by atoms with van der Waals surface area (Å²) in [5.41, 5.74) is 0. The number of hydrogen-bond acceptors (Lipinski definition) is 3. The minimum Gasteiger partial charge on any atom is -0.310 e. The van der Waals surface area contributed by atoms with Gasteiger partial charge in [-0.3, -0.25) is 9.09 Å². The molecule has 84 valence electrons. The first-order valence-corrected chi connectivity index (χ1v) is 5.98. The number of rotatable bonds is 9. The third-order valence-electron chi connectivity index (χ3n) is 1.60. The smallest absolute Gasteiger partial charge is 0.310 e. The van der Waals surface area contributed by atoms with Gasteiger partial charge in [-0.25, -0.2) is 0 Å². The highest BCUT2D eigenvalue weighted by Crippen LogP contribution is 2.27. The van der Waals surface area contributed by atoms with E-state index in [0.29, 0.717) is 19.4 Å². The van der Waals surface area contributed by atoms with Crippen molar-refractivity contribution in [3.05, 3.63) is 25.3 Å². The number of allylic oxidation sites excluding steroid dienone is 1. The minimum atomic E-state index is -2.48. The number of hydrogen-bond donors (Lipinski definition) is 0. The van der Waals surface area contributed by atoms with E-state index in [1.165, 1.54) is 0 Å². The fourth-order valence-corrected chi connectivity index (χ4v) is 1.59. The molecule has 0 aliphatic rings. The van der Waals surface area contributed by atoms with Gasteiger partial charge >= 0.3 is 8.25 Å². The molecular formula is C11H17O3P. The first-order chi connectivity index (χ1) is 7.24. The maximum Gasteiger partial charge on any atom is 0.320 e. The molecule has 0 aliphatic heterocycles. The van der Waals surface area contributed by atoms with Crippen molar-refractivity contribution in [3.63, 3.8) is 0 Å². The van der Waals surface area contributed by atoms with Crippen LogP contribution in [0.2, 0.25) is 0 Å². The van der Waals surface area contributed by atoms with E-state index in [4.69, 9.17) is 15.5 Å². The van der Waals surface area contributed by atoms with Crippen LogP contribution < -0.4 is 0 Å². The van der Waals surface area contributed by atoms with Gasteiger partial charge in [-0.2, -0.15) is 0 Å². The predicted octanol–water partition coefficient (Wildman–Crippen LogP) is 2.95. The topological polar surface area (TPSA) is 35.5 Å². The van der Waals surface area contributed by atoms with Crippen LogP contribution in [0.25, 0.3) is 0 Å².